The number of alkyl halides is 3. The molecule has 182 valence electrons. The molecular weight excluding hydrogens is 473 g/mol. The molecule has 0 aliphatic carbocycles. The largest absolute Gasteiger partial charge is 0.480 e. The summed E-state index contributed by atoms with van der Waals surface area (Å²) in [5.74, 6) is 0.955. The summed E-state index contributed by atoms with van der Waals surface area (Å²) >= 11 is 0. The molecule has 3 aromatic heterocycles. The highest BCUT2D eigenvalue weighted by atomic mass is 19.4. The number of pyridine rings is 1. The van der Waals surface area contributed by atoms with E-state index in [1.54, 1.807) is 24.3 Å². The SMILES string of the molecule is COc1nccc(C#N)c1-c1ncc(C=N)c(NCc2ccc(-c3nc(C(F)(F)F)cn3C)cc2)n1. The molecule has 0 amide bonds. The van der Waals surface area contributed by atoms with Crippen molar-refractivity contribution in [2.24, 2.45) is 7.05 Å². The van der Waals surface area contributed by atoms with Crippen LogP contribution < -0.4 is 10.1 Å². The Morgan fingerprint density at radius 2 is 1.92 bits per heavy atom. The minimum Gasteiger partial charge on any atom is -0.480 e. The monoisotopic (exact) mass is 492 g/mol. The van der Waals surface area contributed by atoms with E-state index in [2.05, 4.69) is 31.3 Å². The van der Waals surface area contributed by atoms with Crippen LogP contribution in [0.2, 0.25) is 0 Å². The van der Waals surface area contributed by atoms with Gasteiger partial charge in [-0.2, -0.15) is 18.4 Å². The van der Waals surface area contributed by atoms with Crippen molar-refractivity contribution < 1.29 is 17.9 Å². The minimum absolute atomic E-state index is 0.196. The summed E-state index contributed by atoms with van der Waals surface area (Å²) in [6.07, 6.45) is 0.431. The van der Waals surface area contributed by atoms with Gasteiger partial charge >= 0.3 is 6.18 Å². The summed E-state index contributed by atoms with van der Waals surface area (Å²) in [6, 6.07) is 10.5. The lowest BCUT2D eigenvalue weighted by Crippen LogP contribution is -2.07. The molecule has 2 N–H and O–H groups in total. The molecular formula is C24H19F3N8O. The lowest BCUT2D eigenvalue weighted by Gasteiger charge is -2.12. The van der Waals surface area contributed by atoms with E-state index in [1.807, 2.05) is 0 Å². The Kier molecular flexibility index (Phi) is 6.64. The summed E-state index contributed by atoms with van der Waals surface area (Å²) in [5.41, 5.74) is 1.44. The van der Waals surface area contributed by atoms with E-state index in [9.17, 15) is 18.4 Å². The zero-order chi connectivity index (χ0) is 25.9. The molecule has 36 heavy (non-hydrogen) atoms. The highest BCUT2D eigenvalue weighted by molar-refractivity contribution is 5.84. The molecule has 0 bridgehead atoms. The first-order chi connectivity index (χ1) is 17.2. The third-order valence-corrected chi connectivity index (χ3v) is 5.27. The first-order valence-electron chi connectivity index (χ1n) is 10.5. The molecule has 0 radical (unpaired) electrons. The van der Waals surface area contributed by atoms with Gasteiger partial charge in [0, 0.05) is 44.0 Å². The predicted molar refractivity (Wildman–Crippen MR) is 125 cm³/mol. The number of aromatic nitrogens is 5. The Balaban J connectivity index is 1.58. The fraction of sp³-hybridized carbons (Fsp3) is 0.167. The van der Waals surface area contributed by atoms with Crippen LogP contribution in [0.15, 0.2) is 48.9 Å². The fourth-order valence-electron chi connectivity index (χ4n) is 3.49. The van der Waals surface area contributed by atoms with E-state index in [1.165, 1.54) is 37.2 Å². The van der Waals surface area contributed by atoms with Gasteiger partial charge in [0.1, 0.15) is 17.7 Å². The molecule has 9 nitrogen and oxygen atoms in total. The second-order valence-corrected chi connectivity index (χ2v) is 7.61. The molecule has 0 saturated carbocycles. The summed E-state index contributed by atoms with van der Waals surface area (Å²) in [5, 5.41) is 20.3. The van der Waals surface area contributed by atoms with E-state index < -0.39 is 11.9 Å². The minimum atomic E-state index is -4.52. The van der Waals surface area contributed by atoms with Gasteiger partial charge < -0.3 is 20.0 Å². The molecule has 4 aromatic rings. The van der Waals surface area contributed by atoms with E-state index in [-0.39, 0.29) is 23.1 Å². The summed E-state index contributed by atoms with van der Waals surface area (Å²) < 4.78 is 45.5. The molecule has 0 saturated heterocycles. The average molecular weight is 492 g/mol. The third kappa shape index (κ3) is 4.85. The number of halogens is 3. The Bertz CT molecular complexity index is 1460. The topological polar surface area (TPSA) is 125 Å². The number of nitrogens with zero attached hydrogens (tertiary/aromatic N) is 6. The van der Waals surface area contributed by atoms with Gasteiger partial charge in [-0.25, -0.2) is 19.9 Å². The highest BCUT2D eigenvalue weighted by Crippen LogP contribution is 2.31. The van der Waals surface area contributed by atoms with Crippen molar-refractivity contribution in [2.75, 3.05) is 12.4 Å². The van der Waals surface area contributed by atoms with Crippen LogP contribution >= 0.6 is 0 Å². The first kappa shape index (κ1) is 24.3. The Hall–Kier alpha value is -4.79. The second-order valence-electron chi connectivity index (χ2n) is 7.61. The van der Waals surface area contributed by atoms with E-state index >= 15 is 0 Å². The number of rotatable bonds is 7. The fourth-order valence-corrected chi connectivity index (χ4v) is 3.49. The smallest absolute Gasteiger partial charge is 0.434 e. The molecule has 4 rings (SSSR count). The maximum atomic E-state index is 13.0. The molecule has 1 aromatic carbocycles. The Labute approximate surface area is 203 Å². The summed E-state index contributed by atoms with van der Waals surface area (Å²) in [7, 11) is 2.93. The number of ether oxygens (including phenoxy) is 1. The van der Waals surface area contributed by atoms with Crippen LogP contribution in [0.4, 0.5) is 19.0 Å². The normalized spacial score (nSPS) is 11.1. The van der Waals surface area contributed by atoms with Gasteiger partial charge in [0.05, 0.1) is 23.8 Å². The number of aryl methyl sites for hydroxylation is 1. The lowest BCUT2D eigenvalue weighted by atomic mass is 10.1. The van der Waals surface area contributed by atoms with Crippen molar-refractivity contribution in [1.29, 1.82) is 10.7 Å². The van der Waals surface area contributed by atoms with Gasteiger partial charge in [0.15, 0.2) is 11.5 Å². The van der Waals surface area contributed by atoms with E-state index in [0.717, 1.165) is 18.0 Å². The number of hydrogen-bond acceptors (Lipinski definition) is 8. The molecule has 0 unspecified atom stereocenters. The van der Waals surface area contributed by atoms with Crippen molar-refractivity contribution in [2.45, 2.75) is 12.7 Å². The quantitative estimate of drug-likeness (QED) is 0.365. The molecule has 0 spiro atoms. The zero-order valence-corrected chi connectivity index (χ0v) is 19.1. The number of methoxy groups -OCH3 is 1. The number of anilines is 1. The molecule has 0 fully saturated rings. The maximum absolute atomic E-state index is 13.0. The number of imidazole rings is 1. The Morgan fingerprint density at radius 1 is 1.17 bits per heavy atom. The van der Waals surface area contributed by atoms with Crippen molar-refractivity contribution in [1.82, 2.24) is 24.5 Å². The molecule has 0 aliphatic heterocycles. The summed E-state index contributed by atoms with van der Waals surface area (Å²) in [4.78, 5) is 16.6. The zero-order valence-electron chi connectivity index (χ0n) is 19.1. The van der Waals surface area contributed by atoms with Gasteiger partial charge in [-0.05, 0) is 11.6 Å². The molecule has 0 atom stereocenters. The van der Waals surface area contributed by atoms with Crippen molar-refractivity contribution in [3.05, 3.63) is 71.3 Å². The summed E-state index contributed by atoms with van der Waals surface area (Å²) in [6.45, 7) is 0.307. The van der Waals surface area contributed by atoms with Crippen LogP contribution in [-0.2, 0) is 19.8 Å². The van der Waals surface area contributed by atoms with Crippen molar-refractivity contribution >= 4 is 12.0 Å². The molecule has 12 heteroatoms. The number of nitrogens with one attached hydrogen (secondary N) is 2. The van der Waals surface area contributed by atoms with Crippen LogP contribution in [0.25, 0.3) is 22.8 Å². The third-order valence-electron chi connectivity index (χ3n) is 5.27. The van der Waals surface area contributed by atoms with Crippen molar-refractivity contribution in [3.8, 4) is 34.7 Å². The van der Waals surface area contributed by atoms with Gasteiger partial charge in [0.25, 0.3) is 0 Å². The van der Waals surface area contributed by atoms with Crippen LogP contribution in [-0.4, -0.2) is 37.8 Å². The lowest BCUT2D eigenvalue weighted by molar-refractivity contribution is -0.140. The first-order valence-corrected chi connectivity index (χ1v) is 10.5. The van der Waals surface area contributed by atoms with Crippen LogP contribution in [0, 0.1) is 16.7 Å². The number of benzene rings is 1. The molecule has 0 aliphatic rings. The van der Waals surface area contributed by atoms with Gasteiger partial charge in [-0.3, -0.25) is 0 Å². The highest BCUT2D eigenvalue weighted by Gasteiger charge is 2.34. The van der Waals surface area contributed by atoms with Crippen LogP contribution in [0.1, 0.15) is 22.4 Å². The van der Waals surface area contributed by atoms with Gasteiger partial charge in [-0.15, -0.1) is 0 Å². The molecule has 3 heterocycles. The standard InChI is InChI=1S/C24H19F3N8O/c1-35-13-18(24(25,26)27)33-22(35)15-5-3-14(4-6-15)11-31-20-17(10-29)12-32-21(34-20)19-16(9-28)7-8-30-23(19)36-2/h3-8,10,12-13,29H,11H2,1-2H3,(H,31,32,34). The van der Waals surface area contributed by atoms with Crippen molar-refractivity contribution in [3.63, 3.8) is 0 Å². The van der Waals surface area contributed by atoms with Gasteiger partial charge in [-0.1, -0.05) is 24.3 Å². The Morgan fingerprint density at radius 3 is 2.53 bits per heavy atom. The predicted octanol–water partition coefficient (Wildman–Crippen LogP) is 4.45. The van der Waals surface area contributed by atoms with E-state index in [0.29, 0.717) is 29.1 Å². The maximum Gasteiger partial charge on any atom is 0.434 e. The van der Waals surface area contributed by atoms with Crippen LogP contribution in [0.3, 0.4) is 0 Å². The average Bonchev–Trinajstić information content (AvgIpc) is 3.29. The van der Waals surface area contributed by atoms with Gasteiger partial charge in [0.2, 0.25) is 5.88 Å². The second kappa shape index (κ2) is 9.83. The number of hydrogen-bond donors (Lipinski definition) is 2. The van der Waals surface area contributed by atoms with Crippen LogP contribution in [0.5, 0.6) is 5.88 Å². The van der Waals surface area contributed by atoms with E-state index in [4.69, 9.17) is 10.1 Å². The number of nitriles is 1.